The lowest BCUT2D eigenvalue weighted by Crippen LogP contribution is -2.52. The second-order valence-electron chi connectivity index (χ2n) is 6.19. The summed E-state index contributed by atoms with van der Waals surface area (Å²) in [7, 11) is 2.02. The van der Waals surface area contributed by atoms with Gasteiger partial charge in [0.25, 0.3) is 5.91 Å². The molecule has 1 amide bonds. The fourth-order valence-corrected chi connectivity index (χ4v) is 3.23. The number of morpholine rings is 1. The number of ether oxygens (including phenoxy) is 2. The molecule has 0 saturated carbocycles. The first kappa shape index (κ1) is 16.6. The van der Waals surface area contributed by atoms with E-state index in [4.69, 9.17) is 21.1 Å². The summed E-state index contributed by atoms with van der Waals surface area (Å²) in [6, 6.07) is 7.51. The van der Waals surface area contributed by atoms with E-state index in [1.807, 2.05) is 36.2 Å². The van der Waals surface area contributed by atoms with Gasteiger partial charge in [0.05, 0.1) is 11.6 Å². The van der Waals surface area contributed by atoms with Gasteiger partial charge in [-0.05, 0) is 19.2 Å². The number of benzene rings is 1. The third-order valence-corrected chi connectivity index (χ3v) is 4.74. The molecular weight excluding hydrogens is 316 g/mol. The smallest absolute Gasteiger partial charge is 0.253 e. The quantitative estimate of drug-likeness (QED) is 0.846. The van der Waals surface area contributed by atoms with Crippen LogP contribution in [-0.4, -0.2) is 67.7 Å². The second kappa shape index (κ2) is 7.51. The van der Waals surface area contributed by atoms with Crippen LogP contribution in [0.3, 0.4) is 0 Å². The van der Waals surface area contributed by atoms with Gasteiger partial charge < -0.3 is 19.3 Å². The van der Waals surface area contributed by atoms with Gasteiger partial charge in [-0.2, -0.15) is 0 Å². The maximum atomic E-state index is 12.5. The van der Waals surface area contributed by atoms with Crippen LogP contribution in [0.2, 0.25) is 5.02 Å². The molecule has 23 heavy (non-hydrogen) atoms. The molecule has 0 aliphatic carbocycles. The highest BCUT2D eigenvalue weighted by Gasteiger charge is 2.31. The molecule has 1 unspecified atom stereocenters. The number of hydrogen-bond acceptors (Lipinski definition) is 4. The van der Waals surface area contributed by atoms with Crippen molar-refractivity contribution in [3.8, 4) is 5.75 Å². The normalized spacial score (nSPS) is 23.7. The molecule has 2 aliphatic heterocycles. The summed E-state index contributed by atoms with van der Waals surface area (Å²) >= 11 is 6.13. The van der Waals surface area contributed by atoms with E-state index in [2.05, 4.69) is 4.90 Å². The van der Waals surface area contributed by atoms with Gasteiger partial charge >= 0.3 is 0 Å². The molecule has 3 rings (SSSR count). The lowest BCUT2D eigenvalue weighted by Gasteiger charge is -2.36. The number of amides is 1. The van der Waals surface area contributed by atoms with E-state index in [0.29, 0.717) is 31.3 Å². The van der Waals surface area contributed by atoms with Gasteiger partial charge in [-0.3, -0.25) is 4.79 Å². The lowest BCUT2D eigenvalue weighted by molar-refractivity contribution is -0.150. The predicted octanol–water partition coefficient (Wildman–Crippen LogP) is 2.04. The van der Waals surface area contributed by atoms with Gasteiger partial charge in [0.15, 0.2) is 0 Å². The molecule has 0 spiro atoms. The summed E-state index contributed by atoms with van der Waals surface area (Å²) < 4.78 is 11.6. The van der Waals surface area contributed by atoms with E-state index < -0.39 is 0 Å². The zero-order chi connectivity index (χ0) is 16.2. The van der Waals surface area contributed by atoms with Crippen molar-refractivity contribution in [1.82, 2.24) is 9.80 Å². The van der Waals surface area contributed by atoms with Gasteiger partial charge in [0.2, 0.25) is 0 Å². The summed E-state index contributed by atoms with van der Waals surface area (Å²) in [5, 5.41) is 0.629. The highest BCUT2D eigenvalue weighted by atomic mass is 35.5. The number of carbonyl (C=O) groups is 1. The molecule has 0 radical (unpaired) electrons. The van der Waals surface area contributed by atoms with Crippen LogP contribution in [0.1, 0.15) is 12.8 Å². The van der Waals surface area contributed by atoms with Gasteiger partial charge in [0.1, 0.15) is 18.0 Å². The van der Waals surface area contributed by atoms with E-state index in [-0.39, 0.29) is 18.1 Å². The monoisotopic (exact) mass is 338 g/mol. The molecule has 2 aliphatic rings. The molecule has 126 valence electrons. The van der Waals surface area contributed by atoms with Crippen molar-refractivity contribution in [2.75, 3.05) is 39.8 Å². The SMILES string of the molecule is CN1CCOC(C(=O)N2CCC(Oc3ccccc3Cl)CC2)C1. The largest absolute Gasteiger partial charge is 0.489 e. The highest BCUT2D eigenvalue weighted by Crippen LogP contribution is 2.27. The van der Waals surface area contributed by atoms with Crippen LogP contribution in [0.15, 0.2) is 24.3 Å². The van der Waals surface area contributed by atoms with Gasteiger partial charge in [-0.1, -0.05) is 23.7 Å². The lowest BCUT2D eigenvalue weighted by atomic mass is 10.1. The van der Waals surface area contributed by atoms with Crippen molar-refractivity contribution in [3.63, 3.8) is 0 Å². The van der Waals surface area contributed by atoms with E-state index in [0.717, 1.165) is 25.1 Å². The number of carbonyl (C=O) groups excluding carboxylic acids is 1. The molecular formula is C17H23ClN2O3. The zero-order valence-corrected chi connectivity index (χ0v) is 14.2. The van der Waals surface area contributed by atoms with Gasteiger partial charge in [-0.15, -0.1) is 0 Å². The van der Waals surface area contributed by atoms with Crippen molar-refractivity contribution in [1.29, 1.82) is 0 Å². The van der Waals surface area contributed by atoms with Crippen LogP contribution in [0.5, 0.6) is 5.75 Å². The number of rotatable bonds is 3. The summed E-state index contributed by atoms with van der Waals surface area (Å²) in [4.78, 5) is 16.6. The van der Waals surface area contributed by atoms with Crippen molar-refractivity contribution < 1.29 is 14.3 Å². The minimum atomic E-state index is -0.324. The molecule has 6 heteroatoms. The Morgan fingerprint density at radius 2 is 2.00 bits per heavy atom. The molecule has 2 fully saturated rings. The minimum absolute atomic E-state index is 0.104. The number of likely N-dealkylation sites (tertiary alicyclic amines) is 1. The molecule has 1 atom stereocenters. The average molecular weight is 339 g/mol. The van der Waals surface area contributed by atoms with Crippen molar-refractivity contribution in [2.45, 2.75) is 25.0 Å². The Hall–Kier alpha value is -1.30. The number of hydrogen-bond donors (Lipinski definition) is 0. The molecule has 0 bridgehead atoms. The molecule has 1 aromatic carbocycles. The Balaban J connectivity index is 1.50. The number of para-hydroxylation sites is 1. The van der Waals surface area contributed by atoms with Crippen LogP contribution in [0.25, 0.3) is 0 Å². The van der Waals surface area contributed by atoms with E-state index in [1.165, 1.54) is 0 Å². The first-order valence-electron chi connectivity index (χ1n) is 8.13. The Kier molecular flexibility index (Phi) is 5.41. The molecule has 0 aromatic heterocycles. The topological polar surface area (TPSA) is 42.0 Å². The highest BCUT2D eigenvalue weighted by molar-refractivity contribution is 6.32. The Bertz CT molecular complexity index is 546. The van der Waals surface area contributed by atoms with Crippen LogP contribution < -0.4 is 4.74 Å². The average Bonchev–Trinajstić information content (AvgIpc) is 2.57. The second-order valence-corrected chi connectivity index (χ2v) is 6.60. The summed E-state index contributed by atoms with van der Waals surface area (Å²) in [5.74, 6) is 0.823. The zero-order valence-electron chi connectivity index (χ0n) is 13.4. The van der Waals surface area contributed by atoms with Crippen molar-refractivity contribution in [3.05, 3.63) is 29.3 Å². The van der Waals surface area contributed by atoms with Gasteiger partial charge in [-0.25, -0.2) is 0 Å². The van der Waals surface area contributed by atoms with Crippen LogP contribution in [0, 0.1) is 0 Å². The van der Waals surface area contributed by atoms with E-state index in [1.54, 1.807) is 0 Å². The number of likely N-dealkylation sites (N-methyl/N-ethyl adjacent to an activating group) is 1. The molecule has 0 N–H and O–H groups in total. The van der Waals surface area contributed by atoms with Crippen LogP contribution >= 0.6 is 11.6 Å². The Morgan fingerprint density at radius 3 is 2.70 bits per heavy atom. The maximum absolute atomic E-state index is 12.5. The molecule has 1 aromatic rings. The Labute approximate surface area is 142 Å². The first-order valence-corrected chi connectivity index (χ1v) is 8.51. The number of nitrogens with zero attached hydrogens (tertiary/aromatic N) is 2. The van der Waals surface area contributed by atoms with Gasteiger partial charge in [0, 0.05) is 39.0 Å². The molecule has 5 nitrogen and oxygen atoms in total. The molecule has 2 heterocycles. The summed E-state index contributed by atoms with van der Waals surface area (Å²) in [5.41, 5.74) is 0. The van der Waals surface area contributed by atoms with E-state index in [9.17, 15) is 4.79 Å². The number of piperidine rings is 1. The van der Waals surface area contributed by atoms with Crippen molar-refractivity contribution >= 4 is 17.5 Å². The van der Waals surface area contributed by atoms with Crippen molar-refractivity contribution in [2.24, 2.45) is 0 Å². The third-order valence-electron chi connectivity index (χ3n) is 4.43. The fourth-order valence-electron chi connectivity index (χ4n) is 3.04. The van der Waals surface area contributed by atoms with Crippen LogP contribution in [-0.2, 0) is 9.53 Å². The van der Waals surface area contributed by atoms with Crippen LogP contribution in [0.4, 0.5) is 0 Å². The third kappa shape index (κ3) is 4.16. The number of halogens is 1. The maximum Gasteiger partial charge on any atom is 0.253 e. The summed E-state index contributed by atoms with van der Waals surface area (Å²) in [6.45, 7) is 3.60. The van der Waals surface area contributed by atoms with E-state index >= 15 is 0 Å². The standard InChI is InChI=1S/C17H23ClN2O3/c1-19-10-11-22-16(12-19)17(21)20-8-6-13(7-9-20)23-15-5-3-2-4-14(15)18/h2-5,13,16H,6-12H2,1H3. The fraction of sp³-hybridized carbons (Fsp3) is 0.588. The predicted molar refractivity (Wildman–Crippen MR) is 88.9 cm³/mol. The Morgan fingerprint density at radius 1 is 1.26 bits per heavy atom. The minimum Gasteiger partial charge on any atom is -0.489 e. The molecule has 2 saturated heterocycles. The first-order chi connectivity index (χ1) is 11.1. The summed E-state index contributed by atoms with van der Waals surface area (Å²) in [6.07, 6.45) is 1.42.